The first kappa shape index (κ1) is 14.7. The van der Waals surface area contributed by atoms with Crippen LogP contribution in [-0.4, -0.2) is 46.2 Å². The normalized spacial score (nSPS) is 12.0. The average molecular weight is 229 g/mol. The molecule has 0 rings (SSSR count). The SMILES string of the molecule is COCCCNCCOCCC(F)(F)F. The van der Waals surface area contributed by atoms with E-state index in [4.69, 9.17) is 9.47 Å². The van der Waals surface area contributed by atoms with Gasteiger partial charge in [-0.15, -0.1) is 0 Å². The lowest BCUT2D eigenvalue weighted by Crippen LogP contribution is -2.22. The van der Waals surface area contributed by atoms with Crippen molar-refractivity contribution in [1.29, 1.82) is 0 Å². The molecule has 92 valence electrons. The lowest BCUT2D eigenvalue weighted by Gasteiger charge is -2.07. The Morgan fingerprint density at radius 1 is 1.07 bits per heavy atom. The molecule has 0 atom stereocenters. The van der Waals surface area contributed by atoms with E-state index < -0.39 is 12.6 Å². The van der Waals surface area contributed by atoms with Gasteiger partial charge in [0.05, 0.1) is 19.6 Å². The van der Waals surface area contributed by atoms with Crippen LogP contribution >= 0.6 is 0 Å². The van der Waals surface area contributed by atoms with E-state index in [2.05, 4.69) is 5.32 Å². The van der Waals surface area contributed by atoms with Gasteiger partial charge in [-0.25, -0.2) is 0 Å². The second-order valence-corrected chi connectivity index (χ2v) is 3.07. The zero-order chi connectivity index (χ0) is 11.6. The maximum Gasteiger partial charge on any atom is 0.391 e. The van der Waals surface area contributed by atoms with Crippen LogP contribution in [0, 0.1) is 0 Å². The summed E-state index contributed by atoms with van der Waals surface area (Å²) >= 11 is 0. The molecule has 0 aromatic carbocycles. The maximum absolute atomic E-state index is 11.7. The first-order valence-corrected chi connectivity index (χ1v) is 4.90. The van der Waals surface area contributed by atoms with Crippen LogP contribution < -0.4 is 5.32 Å². The molecule has 0 aliphatic heterocycles. The molecule has 0 amide bonds. The van der Waals surface area contributed by atoms with Crippen LogP contribution in [0.25, 0.3) is 0 Å². The number of rotatable bonds is 9. The molecule has 0 aromatic rings. The maximum atomic E-state index is 11.7. The van der Waals surface area contributed by atoms with Crippen LogP contribution in [0.2, 0.25) is 0 Å². The number of methoxy groups -OCH3 is 1. The Labute approximate surface area is 87.9 Å². The van der Waals surface area contributed by atoms with Crippen LogP contribution in [0.5, 0.6) is 0 Å². The lowest BCUT2D eigenvalue weighted by molar-refractivity contribution is -0.145. The highest BCUT2D eigenvalue weighted by Gasteiger charge is 2.26. The lowest BCUT2D eigenvalue weighted by atomic mass is 10.4. The molecule has 0 aromatic heterocycles. The van der Waals surface area contributed by atoms with E-state index in [0.29, 0.717) is 19.8 Å². The minimum atomic E-state index is -4.12. The van der Waals surface area contributed by atoms with Gasteiger partial charge in [0.1, 0.15) is 0 Å². The number of nitrogens with one attached hydrogen (secondary N) is 1. The van der Waals surface area contributed by atoms with Gasteiger partial charge in [0.15, 0.2) is 0 Å². The fourth-order valence-electron chi connectivity index (χ4n) is 0.901. The highest BCUT2D eigenvalue weighted by molar-refractivity contribution is 4.50. The van der Waals surface area contributed by atoms with Crippen LogP contribution in [0.3, 0.4) is 0 Å². The van der Waals surface area contributed by atoms with Gasteiger partial charge in [-0.1, -0.05) is 0 Å². The van der Waals surface area contributed by atoms with Crippen LogP contribution in [0.1, 0.15) is 12.8 Å². The van der Waals surface area contributed by atoms with Crippen molar-refractivity contribution in [1.82, 2.24) is 5.32 Å². The van der Waals surface area contributed by atoms with Gasteiger partial charge in [-0.3, -0.25) is 0 Å². The van der Waals surface area contributed by atoms with Gasteiger partial charge in [0, 0.05) is 20.3 Å². The van der Waals surface area contributed by atoms with Crippen molar-refractivity contribution in [3.63, 3.8) is 0 Å². The van der Waals surface area contributed by atoms with E-state index in [-0.39, 0.29) is 6.61 Å². The van der Waals surface area contributed by atoms with E-state index >= 15 is 0 Å². The molecule has 0 heterocycles. The number of halogens is 3. The average Bonchev–Trinajstić information content (AvgIpc) is 2.14. The molecule has 0 fully saturated rings. The minimum Gasteiger partial charge on any atom is -0.385 e. The molecule has 0 saturated carbocycles. The minimum absolute atomic E-state index is 0.261. The highest BCUT2D eigenvalue weighted by Crippen LogP contribution is 2.18. The van der Waals surface area contributed by atoms with Crippen molar-refractivity contribution in [2.24, 2.45) is 0 Å². The summed E-state index contributed by atoms with van der Waals surface area (Å²) in [6.45, 7) is 2.09. The highest BCUT2D eigenvalue weighted by atomic mass is 19.4. The van der Waals surface area contributed by atoms with Gasteiger partial charge < -0.3 is 14.8 Å². The van der Waals surface area contributed by atoms with Crippen molar-refractivity contribution >= 4 is 0 Å². The first-order chi connectivity index (χ1) is 7.06. The Hall–Kier alpha value is -0.330. The van der Waals surface area contributed by atoms with Gasteiger partial charge in [-0.05, 0) is 13.0 Å². The van der Waals surface area contributed by atoms with Crippen molar-refractivity contribution in [3.05, 3.63) is 0 Å². The fraction of sp³-hybridized carbons (Fsp3) is 1.00. The van der Waals surface area contributed by atoms with E-state index in [9.17, 15) is 13.2 Å². The third kappa shape index (κ3) is 13.7. The first-order valence-electron chi connectivity index (χ1n) is 4.90. The zero-order valence-corrected chi connectivity index (χ0v) is 8.90. The van der Waals surface area contributed by atoms with Crippen molar-refractivity contribution in [3.8, 4) is 0 Å². The third-order valence-electron chi connectivity index (χ3n) is 1.66. The van der Waals surface area contributed by atoms with Crippen molar-refractivity contribution in [2.75, 3.05) is 40.0 Å². The summed E-state index contributed by atoms with van der Waals surface area (Å²) in [4.78, 5) is 0. The van der Waals surface area contributed by atoms with Crippen molar-refractivity contribution < 1.29 is 22.6 Å². The molecule has 0 saturated heterocycles. The Bertz CT molecular complexity index is 142. The van der Waals surface area contributed by atoms with Gasteiger partial charge in [0.2, 0.25) is 0 Å². The molecule has 1 N–H and O–H groups in total. The summed E-state index contributed by atoms with van der Waals surface area (Å²) in [5, 5.41) is 3.03. The van der Waals surface area contributed by atoms with Gasteiger partial charge in [-0.2, -0.15) is 13.2 Å². The predicted octanol–water partition coefficient (Wildman–Crippen LogP) is 1.58. The Kier molecular flexibility index (Phi) is 8.74. The number of hydrogen-bond acceptors (Lipinski definition) is 3. The molecule has 3 nitrogen and oxygen atoms in total. The molecule has 6 heteroatoms. The smallest absolute Gasteiger partial charge is 0.385 e. The molecule has 0 spiro atoms. The zero-order valence-electron chi connectivity index (χ0n) is 8.90. The van der Waals surface area contributed by atoms with E-state index in [0.717, 1.165) is 13.0 Å². The summed E-state index contributed by atoms with van der Waals surface area (Å²) in [5.41, 5.74) is 0. The van der Waals surface area contributed by atoms with E-state index in [1.807, 2.05) is 0 Å². The van der Waals surface area contributed by atoms with Crippen LogP contribution in [-0.2, 0) is 9.47 Å². The second kappa shape index (κ2) is 8.94. The summed E-state index contributed by atoms with van der Waals surface area (Å²) < 4.78 is 44.6. The molecule has 0 aliphatic carbocycles. The summed E-state index contributed by atoms with van der Waals surface area (Å²) in [5.74, 6) is 0. The second-order valence-electron chi connectivity index (χ2n) is 3.07. The molecule has 0 radical (unpaired) electrons. The monoisotopic (exact) mass is 229 g/mol. The van der Waals surface area contributed by atoms with Crippen LogP contribution in [0.4, 0.5) is 13.2 Å². The van der Waals surface area contributed by atoms with Crippen molar-refractivity contribution in [2.45, 2.75) is 19.0 Å². The van der Waals surface area contributed by atoms with E-state index in [1.165, 1.54) is 0 Å². The molecule has 0 bridgehead atoms. The molecule has 0 aliphatic rings. The third-order valence-corrected chi connectivity index (χ3v) is 1.66. The topological polar surface area (TPSA) is 30.5 Å². The van der Waals surface area contributed by atoms with Gasteiger partial charge in [0.25, 0.3) is 0 Å². The quantitative estimate of drug-likeness (QED) is 0.609. The summed E-state index contributed by atoms with van der Waals surface area (Å²) in [6, 6.07) is 0. The number of ether oxygens (including phenoxy) is 2. The number of alkyl halides is 3. The fourth-order valence-corrected chi connectivity index (χ4v) is 0.901. The Morgan fingerprint density at radius 3 is 2.40 bits per heavy atom. The Balaban J connectivity index is 2.99. The largest absolute Gasteiger partial charge is 0.391 e. The van der Waals surface area contributed by atoms with Gasteiger partial charge >= 0.3 is 6.18 Å². The molecular weight excluding hydrogens is 211 g/mol. The summed E-state index contributed by atoms with van der Waals surface area (Å²) in [6.07, 6.45) is -4.11. The summed E-state index contributed by atoms with van der Waals surface area (Å²) in [7, 11) is 1.63. The number of hydrogen-bond donors (Lipinski definition) is 1. The Morgan fingerprint density at radius 2 is 1.80 bits per heavy atom. The molecule has 0 unspecified atom stereocenters. The van der Waals surface area contributed by atoms with E-state index in [1.54, 1.807) is 7.11 Å². The standard InChI is InChI=1S/C9H18F3NO2/c1-14-6-2-4-13-5-8-15-7-3-9(10,11)12/h13H,2-8H2,1H3. The molecular formula is C9H18F3NO2. The predicted molar refractivity (Wildman–Crippen MR) is 50.9 cm³/mol. The molecule has 15 heavy (non-hydrogen) atoms. The van der Waals surface area contributed by atoms with Crippen LogP contribution in [0.15, 0.2) is 0 Å².